The molecule has 0 unspecified atom stereocenters. The summed E-state index contributed by atoms with van der Waals surface area (Å²) in [4.78, 5) is 0. The van der Waals surface area contributed by atoms with Crippen molar-refractivity contribution in [3.63, 3.8) is 0 Å². The van der Waals surface area contributed by atoms with Gasteiger partial charge in [-0.05, 0) is 38.3 Å². The molecular formula is C16H29NO3Si. The van der Waals surface area contributed by atoms with Crippen LogP contribution in [0.2, 0.25) is 6.04 Å². The van der Waals surface area contributed by atoms with E-state index in [0.29, 0.717) is 0 Å². The Morgan fingerprint density at radius 1 is 0.952 bits per heavy atom. The third-order valence-corrected chi connectivity index (χ3v) is 6.62. The summed E-state index contributed by atoms with van der Waals surface area (Å²) in [6.07, 6.45) is 3.34. The van der Waals surface area contributed by atoms with E-state index >= 15 is 0 Å². The molecule has 5 heteroatoms. The SMILES string of the molecule is CO[Si](CCCCCNc1ccc(C)cc1C)(OC)OC. The molecular weight excluding hydrogens is 282 g/mol. The lowest BCUT2D eigenvalue weighted by atomic mass is 10.1. The molecule has 120 valence electrons. The lowest BCUT2D eigenvalue weighted by molar-refractivity contribution is 0.123. The van der Waals surface area contributed by atoms with E-state index in [9.17, 15) is 0 Å². The molecule has 0 heterocycles. The molecule has 0 aliphatic heterocycles. The second-order valence-corrected chi connectivity index (χ2v) is 8.44. The predicted molar refractivity (Wildman–Crippen MR) is 89.8 cm³/mol. The summed E-state index contributed by atoms with van der Waals surface area (Å²) >= 11 is 0. The Kier molecular flexibility index (Phi) is 7.96. The average Bonchev–Trinajstić information content (AvgIpc) is 2.49. The standard InChI is InChI=1S/C16H29NO3Si/c1-14-9-10-16(15(2)13-14)17-11-7-6-8-12-21(18-3,19-4)20-5/h9-10,13,17H,6-8,11-12H2,1-5H3. The van der Waals surface area contributed by atoms with E-state index in [1.54, 1.807) is 21.3 Å². The van der Waals surface area contributed by atoms with Gasteiger partial charge in [0, 0.05) is 39.6 Å². The first-order chi connectivity index (χ1) is 10.1. The lowest BCUT2D eigenvalue weighted by Crippen LogP contribution is -2.42. The number of nitrogens with one attached hydrogen (secondary N) is 1. The zero-order valence-electron chi connectivity index (χ0n) is 14.0. The lowest BCUT2D eigenvalue weighted by Gasteiger charge is -2.24. The van der Waals surface area contributed by atoms with Gasteiger partial charge in [-0.1, -0.05) is 24.1 Å². The molecule has 0 fully saturated rings. The number of anilines is 1. The van der Waals surface area contributed by atoms with Crippen LogP contribution in [-0.2, 0) is 13.3 Å². The normalized spacial score (nSPS) is 11.7. The van der Waals surface area contributed by atoms with E-state index < -0.39 is 8.80 Å². The second kappa shape index (κ2) is 9.20. The van der Waals surface area contributed by atoms with Gasteiger partial charge in [0.1, 0.15) is 0 Å². The van der Waals surface area contributed by atoms with Gasteiger partial charge in [-0.3, -0.25) is 0 Å². The Labute approximate surface area is 130 Å². The number of benzene rings is 1. The zero-order chi connectivity index (χ0) is 15.7. The number of rotatable bonds is 10. The van der Waals surface area contributed by atoms with Crippen LogP contribution in [0.25, 0.3) is 0 Å². The first kappa shape index (κ1) is 18.2. The maximum atomic E-state index is 5.42. The molecule has 21 heavy (non-hydrogen) atoms. The number of unbranched alkanes of at least 4 members (excludes halogenated alkanes) is 2. The van der Waals surface area contributed by atoms with Gasteiger partial charge in [-0.25, -0.2) is 0 Å². The van der Waals surface area contributed by atoms with Gasteiger partial charge >= 0.3 is 8.80 Å². The predicted octanol–water partition coefficient (Wildman–Crippen LogP) is 3.76. The summed E-state index contributed by atoms with van der Waals surface area (Å²) in [7, 11) is 2.63. The van der Waals surface area contributed by atoms with Crippen molar-refractivity contribution in [1.82, 2.24) is 0 Å². The Balaban J connectivity index is 2.23. The highest BCUT2D eigenvalue weighted by Gasteiger charge is 2.36. The molecule has 0 atom stereocenters. The molecule has 0 amide bonds. The number of hydrogen-bond acceptors (Lipinski definition) is 4. The molecule has 0 spiro atoms. The Morgan fingerprint density at radius 2 is 1.62 bits per heavy atom. The third-order valence-electron chi connectivity index (χ3n) is 3.79. The summed E-state index contributed by atoms with van der Waals surface area (Å²) in [6, 6.07) is 7.38. The third kappa shape index (κ3) is 5.78. The molecule has 0 radical (unpaired) electrons. The molecule has 1 aromatic rings. The molecule has 0 saturated carbocycles. The Morgan fingerprint density at radius 3 is 2.19 bits per heavy atom. The van der Waals surface area contributed by atoms with E-state index in [1.165, 1.54) is 16.8 Å². The van der Waals surface area contributed by atoms with Crippen molar-refractivity contribution in [3.05, 3.63) is 29.3 Å². The Bertz CT molecular complexity index is 414. The number of aryl methyl sites for hydroxylation is 2. The van der Waals surface area contributed by atoms with Gasteiger partial charge in [0.2, 0.25) is 0 Å². The molecule has 0 aromatic heterocycles. The van der Waals surface area contributed by atoms with Crippen molar-refractivity contribution >= 4 is 14.5 Å². The minimum Gasteiger partial charge on any atom is -0.385 e. The fourth-order valence-electron chi connectivity index (χ4n) is 2.43. The number of hydrogen-bond donors (Lipinski definition) is 1. The summed E-state index contributed by atoms with van der Waals surface area (Å²) in [5.74, 6) is 0. The summed E-state index contributed by atoms with van der Waals surface area (Å²) in [6.45, 7) is 5.25. The smallest absolute Gasteiger partial charge is 0.385 e. The van der Waals surface area contributed by atoms with Gasteiger partial charge in [-0.15, -0.1) is 0 Å². The molecule has 1 N–H and O–H groups in total. The fourth-order valence-corrected chi connectivity index (χ4v) is 4.23. The van der Waals surface area contributed by atoms with Gasteiger partial charge in [-0.2, -0.15) is 0 Å². The van der Waals surface area contributed by atoms with E-state index in [4.69, 9.17) is 13.3 Å². The maximum Gasteiger partial charge on any atom is 0.500 e. The average molecular weight is 311 g/mol. The van der Waals surface area contributed by atoms with Crippen molar-refractivity contribution in [3.8, 4) is 0 Å². The Hall–Kier alpha value is -0.883. The maximum absolute atomic E-state index is 5.42. The summed E-state index contributed by atoms with van der Waals surface area (Å²) in [5.41, 5.74) is 3.84. The summed E-state index contributed by atoms with van der Waals surface area (Å²) < 4.78 is 16.3. The molecule has 0 bridgehead atoms. The van der Waals surface area contributed by atoms with Crippen molar-refractivity contribution in [2.45, 2.75) is 39.2 Å². The molecule has 0 aliphatic rings. The van der Waals surface area contributed by atoms with E-state index in [2.05, 4.69) is 37.4 Å². The van der Waals surface area contributed by atoms with Crippen LogP contribution in [0.1, 0.15) is 30.4 Å². The van der Waals surface area contributed by atoms with Gasteiger partial charge < -0.3 is 18.6 Å². The van der Waals surface area contributed by atoms with E-state index in [0.717, 1.165) is 31.9 Å². The topological polar surface area (TPSA) is 39.7 Å². The zero-order valence-corrected chi connectivity index (χ0v) is 15.0. The van der Waals surface area contributed by atoms with Crippen LogP contribution in [0.3, 0.4) is 0 Å². The largest absolute Gasteiger partial charge is 0.500 e. The van der Waals surface area contributed by atoms with Crippen molar-refractivity contribution in [1.29, 1.82) is 0 Å². The first-order valence-electron chi connectivity index (χ1n) is 7.53. The fraction of sp³-hybridized carbons (Fsp3) is 0.625. The highest BCUT2D eigenvalue weighted by Crippen LogP contribution is 2.18. The van der Waals surface area contributed by atoms with Gasteiger partial charge in [0.25, 0.3) is 0 Å². The quantitative estimate of drug-likeness (QED) is 0.527. The van der Waals surface area contributed by atoms with Gasteiger partial charge in [0.15, 0.2) is 0 Å². The first-order valence-corrected chi connectivity index (χ1v) is 9.46. The second-order valence-electron chi connectivity index (χ2n) is 5.35. The van der Waals surface area contributed by atoms with E-state index in [-0.39, 0.29) is 0 Å². The van der Waals surface area contributed by atoms with E-state index in [1.807, 2.05) is 0 Å². The summed E-state index contributed by atoms with van der Waals surface area (Å²) in [5, 5.41) is 3.50. The molecule has 4 nitrogen and oxygen atoms in total. The minimum atomic E-state index is -2.38. The van der Waals surface area contributed by atoms with Crippen LogP contribution in [-0.4, -0.2) is 36.7 Å². The van der Waals surface area contributed by atoms with Crippen LogP contribution in [0.15, 0.2) is 18.2 Å². The highest BCUT2D eigenvalue weighted by molar-refractivity contribution is 6.60. The highest BCUT2D eigenvalue weighted by atomic mass is 28.4. The van der Waals surface area contributed by atoms with Crippen LogP contribution in [0.4, 0.5) is 5.69 Å². The minimum absolute atomic E-state index is 0.875. The molecule has 0 aliphatic carbocycles. The monoisotopic (exact) mass is 311 g/mol. The van der Waals surface area contributed by atoms with Crippen LogP contribution in [0.5, 0.6) is 0 Å². The molecule has 1 rings (SSSR count). The van der Waals surface area contributed by atoms with Crippen molar-refractivity contribution in [2.24, 2.45) is 0 Å². The van der Waals surface area contributed by atoms with Gasteiger partial charge in [0.05, 0.1) is 0 Å². The van der Waals surface area contributed by atoms with Crippen LogP contribution < -0.4 is 5.32 Å². The van der Waals surface area contributed by atoms with Crippen LogP contribution in [0, 0.1) is 13.8 Å². The van der Waals surface area contributed by atoms with Crippen molar-refractivity contribution < 1.29 is 13.3 Å². The van der Waals surface area contributed by atoms with Crippen LogP contribution >= 0.6 is 0 Å². The molecule has 0 saturated heterocycles. The molecule has 1 aromatic carbocycles. The van der Waals surface area contributed by atoms with Crippen molar-refractivity contribution in [2.75, 3.05) is 33.2 Å².